The molecule has 0 aliphatic heterocycles. The summed E-state index contributed by atoms with van der Waals surface area (Å²) in [5.74, 6) is 0. The van der Waals surface area contributed by atoms with Crippen LogP contribution in [0, 0.1) is 0 Å². The Hall–Kier alpha value is -4.82. The summed E-state index contributed by atoms with van der Waals surface area (Å²) in [6.45, 7) is 0. The monoisotopic (exact) mass is 676 g/mol. The fourth-order valence-corrected chi connectivity index (χ4v) is 8.24. The van der Waals surface area contributed by atoms with Gasteiger partial charge in [-0.1, -0.05) is 93.4 Å². The Morgan fingerprint density at radius 2 is 0.804 bits per heavy atom. The summed E-state index contributed by atoms with van der Waals surface area (Å²) >= 11 is 0. The second-order valence-electron chi connectivity index (χ2n) is 14.0. The van der Waals surface area contributed by atoms with E-state index in [0.29, 0.717) is 32.7 Å². The molecule has 9 rings (SSSR count). The van der Waals surface area contributed by atoms with Gasteiger partial charge in [0.2, 0.25) is 0 Å². The van der Waals surface area contributed by atoms with Crippen LogP contribution >= 0.6 is 0 Å². The second kappa shape index (κ2) is 13.1. The van der Waals surface area contributed by atoms with E-state index in [0.717, 1.165) is 43.8 Å². The van der Waals surface area contributed by atoms with Crippen molar-refractivity contribution in [3.05, 3.63) is 78.9 Å². The summed E-state index contributed by atoms with van der Waals surface area (Å²) in [5.41, 5.74) is 5.33. The van der Waals surface area contributed by atoms with Crippen molar-refractivity contribution in [2.45, 2.75) is 0 Å². The molecule has 0 saturated carbocycles. The topological polar surface area (TPSA) is 13.1 Å². The van der Waals surface area contributed by atoms with Gasteiger partial charge in [-0.2, -0.15) is 0 Å². The van der Waals surface area contributed by atoms with Gasteiger partial charge in [0.25, 0.3) is 0 Å². The molecule has 14 heteroatoms. The third-order valence-corrected chi connectivity index (χ3v) is 11.1. The van der Waals surface area contributed by atoms with E-state index in [9.17, 15) is 0 Å². The molecule has 56 heavy (non-hydrogen) atoms. The third kappa shape index (κ3) is 5.00. The van der Waals surface area contributed by atoms with Crippen LogP contribution in [0.5, 0.6) is 0 Å². The molecule has 0 unspecified atom stereocenters. The van der Waals surface area contributed by atoms with Crippen molar-refractivity contribution in [2.24, 2.45) is 0 Å². The molecule has 0 aliphatic carbocycles. The maximum Gasteiger partial charge on any atom is 0.143 e. The minimum absolute atomic E-state index is 0.00138. The van der Waals surface area contributed by atoms with E-state index in [1.54, 1.807) is 0 Å². The molecule has 1 heterocycles. The predicted molar refractivity (Wildman–Crippen MR) is 253 cm³/mol. The van der Waals surface area contributed by atoms with Gasteiger partial charge in [-0.05, 0) is 78.5 Å². The van der Waals surface area contributed by atoms with Crippen molar-refractivity contribution >= 4 is 227 Å². The molecule has 0 aliphatic rings. The first-order valence-electron chi connectivity index (χ1n) is 17.5. The molecule has 0 bridgehead atoms. The summed E-state index contributed by atoms with van der Waals surface area (Å²) in [7, 11) is 86.6. The normalized spacial score (nSPS) is 11.8. The van der Waals surface area contributed by atoms with Crippen LogP contribution in [0.4, 0.5) is 0 Å². The smallest absolute Gasteiger partial charge is 0.143 e. The zero-order valence-electron chi connectivity index (χ0n) is 29.9. The van der Waals surface area contributed by atoms with Gasteiger partial charge in [-0.15, -0.1) is 38.2 Å². The molecule has 0 atom stereocenters. The fourth-order valence-electron chi connectivity index (χ4n) is 8.24. The quantitative estimate of drug-likeness (QED) is 0.140. The lowest BCUT2D eigenvalue weighted by Gasteiger charge is -2.31. The van der Waals surface area contributed by atoms with Crippen LogP contribution in [-0.2, 0) is 0 Å². The largest absolute Gasteiger partial charge is 0.455 e. The molecule has 1 nitrogen and oxygen atoms in total. The van der Waals surface area contributed by atoms with Crippen molar-refractivity contribution in [1.82, 2.24) is 0 Å². The van der Waals surface area contributed by atoms with Crippen LogP contribution in [-0.4, -0.2) is 102 Å². The maximum absolute atomic E-state index is 6.96. The van der Waals surface area contributed by atoms with E-state index >= 15 is 0 Å². The third-order valence-electron chi connectivity index (χ3n) is 11.1. The van der Waals surface area contributed by atoms with Crippen LogP contribution in [0.25, 0.3) is 87.6 Å². The average Bonchev–Trinajstić information content (AvgIpc) is 3.61. The number of hydrogen-bond acceptors (Lipinski definition) is 1. The Morgan fingerprint density at radius 3 is 1.39 bits per heavy atom. The van der Waals surface area contributed by atoms with Crippen molar-refractivity contribution in [1.29, 1.82) is 0 Å². The van der Waals surface area contributed by atoms with E-state index in [2.05, 4.69) is 24.3 Å². The zero-order chi connectivity index (χ0) is 39.6. The van der Waals surface area contributed by atoms with Gasteiger partial charge >= 0.3 is 0 Å². The summed E-state index contributed by atoms with van der Waals surface area (Å²) in [6.07, 6.45) is 0. The molecular formula is C42H13B13O. The molecule has 0 saturated heterocycles. The van der Waals surface area contributed by atoms with E-state index in [4.69, 9.17) is 106 Å². The predicted octanol–water partition coefficient (Wildman–Crippen LogP) is -3.63. The first kappa shape index (κ1) is 36.8. The SMILES string of the molecule is [B]c1c([B])c([B])c(-c2c3c([B])c([B])c([B])c([B])c3c(-c3cccc(-c4cccc5oc6c7ccccc7ccc6c45)c3)c3c([B])c([B])c([B])c([B])c23)c([B])c1[B]. The highest BCUT2D eigenvalue weighted by atomic mass is 16.3. The molecule has 8 aromatic carbocycles. The summed E-state index contributed by atoms with van der Waals surface area (Å²) in [5, 5.41) is 5.35. The van der Waals surface area contributed by atoms with Crippen molar-refractivity contribution in [2.75, 3.05) is 0 Å². The lowest BCUT2D eigenvalue weighted by Crippen LogP contribution is -2.55. The van der Waals surface area contributed by atoms with Crippen LogP contribution < -0.4 is 71.0 Å². The summed E-state index contributed by atoms with van der Waals surface area (Å²) in [6, 6.07) is 26.1. The highest BCUT2D eigenvalue weighted by Crippen LogP contribution is 2.43. The van der Waals surface area contributed by atoms with Crippen molar-refractivity contribution in [3.8, 4) is 33.4 Å². The van der Waals surface area contributed by atoms with E-state index < -0.39 is 0 Å². The highest BCUT2D eigenvalue weighted by Gasteiger charge is 2.27. The van der Waals surface area contributed by atoms with Crippen LogP contribution in [0.1, 0.15) is 0 Å². The Morgan fingerprint density at radius 1 is 0.321 bits per heavy atom. The number of rotatable bonds is 3. The van der Waals surface area contributed by atoms with Crippen LogP contribution in [0.3, 0.4) is 0 Å². The standard InChI is InChI=1S/C42H13B13O/c43-29-24-21(16-7-3-6-15(13-16)17-9-4-10-20-22(17)19-12-11-14-5-1-2-8-18(14)42(19)56-20)25-27(32(46)38(52)36(50)30(25)44)23(26(24)31(45)37(51)35(29)49)28-33(47)39(53)41(55)40(54)34(28)48/h1-13H. The maximum atomic E-state index is 6.96. The summed E-state index contributed by atoms with van der Waals surface area (Å²) < 4.78 is 6.50. The van der Waals surface area contributed by atoms with Gasteiger partial charge in [0, 0.05) is 16.2 Å². The first-order valence-corrected chi connectivity index (χ1v) is 17.5. The van der Waals surface area contributed by atoms with Gasteiger partial charge in [-0.3, -0.25) is 0 Å². The van der Waals surface area contributed by atoms with Gasteiger partial charge in [0.05, 0.1) is 0 Å². The van der Waals surface area contributed by atoms with Gasteiger partial charge in [0.1, 0.15) is 113 Å². The number of hydrogen-bond donors (Lipinski definition) is 0. The Labute approximate surface area is 342 Å². The highest BCUT2D eigenvalue weighted by molar-refractivity contribution is 6.73. The first-order chi connectivity index (χ1) is 26.7. The lowest BCUT2D eigenvalue weighted by atomic mass is 9.56. The Kier molecular flexibility index (Phi) is 8.62. The fraction of sp³-hybridized carbons (Fsp3) is 0. The van der Waals surface area contributed by atoms with E-state index in [1.807, 2.05) is 54.6 Å². The number of fused-ring (bicyclic) bond motifs is 7. The molecule has 1 aromatic heterocycles. The van der Waals surface area contributed by atoms with E-state index in [-0.39, 0.29) is 82.1 Å². The Balaban J connectivity index is 1.47. The number of benzene rings is 8. The minimum atomic E-state index is -0.0105. The molecule has 26 radical (unpaired) electrons. The zero-order valence-corrected chi connectivity index (χ0v) is 29.9. The average molecular weight is 674 g/mol. The second-order valence-corrected chi connectivity index (χ2v) is 14.0. The number of furan rings is 1. The molecule has 0 N–H and O–H groups in total. The van der Waals surface area contributed by atoms with Crippen molar-refractivity contribution < 1.29 is 4.42 Å². The van der Waals surface area contributed by atoms with Gasteiger partial charge < -0.3 is 4.42 Å². The van der Waals surface area contributed by atoms with E-state index in [1.165, 1.54) is 0 Å². The van der Waals surface area contributed by atoms with Crippen LogP contribution in [0.15, 0.2) is 83.3 Å². The summed E-state index contributed by atoms with van der Waals surface area (Å²) in [4.78, 5) is 0. The van der Waals surface area contributed by atoms with Crippen molar-refractivity contribution in [3.63, 3.8) is 0 Å². The molecule has 0 fully saturated rings. The molecule has 226 valence electrons. The minimum Gasteiger partial charge on any atom is -0.455 e. The molecule has 9 aromatic rings. The molecule has 0 amide bonds. The van der Waals surface area contributed by atoms with Gasteiger partial charge in [0.15, 0.2) is 0 Å². The molecular weight excluding hydrogens is 661 g/mol. The van der Waals surface area contributed by atoms with Gasteiger partial charge in [-0.25, -0.2) is 0 Å². The Bertz CT molecular complexity index is 3130. The molecule has 0 spiro atoms. The lowest BCUT2D eigenvalue weighted by molar-refractivity contribution is 0.673. The van der Waals surface area contributed by atoms with Crippen LogP contribution in [0.2, 0.25) is 0 Å².